The van der Waals surface area contributed by atoms with Gasteiger partial charge in [-0.3, -0.25) is 0 Å². The van der Waals surface area contributed by atoms with Crippen molar-refractivity contribution in [2.75, 3.05) is 6.54 Å². The third-order valence-corrected chi connectivity index (χ3v) is 4.45. The van der Waals surface area contributed by atoms with E-state index in [-0.39, 0.29) is 0 Å². The van der Waals surface area contributed by atoms with Gasteiger partial charge in [0.15, 0.2) is 0 Å². The summed E-state index contributed by atoms with van der Waals surface area (Å²) in [5.74, 6) is 3.10. The maximum absolute atomic E-state index is 3.70. The van der Waals surface area contributed by atoms with Crippen molar-refractivity contribution in [3.63, 3.8) is 0 Å². The lowest BCUT2D eigenvalue weighted by atomic mass is 9.98. The SMILES string of the molecule is Cc1cc(C)cc(CNCC(C2CC2)C2CC2)c1. The van der Waals surface area contributed by atoms with E-state index in [1.54, 1.807) is 0 Å². The molecule has 0 aliphatic heterocycles. The second-order valence-corrected chi connectivity index (χ2v) is 6.47. The van der Waals surface area contributed by atoms with Crippen LogP contribution in [0.5, 0.6) is 0 Å². The molecule has 0 saturated heterocycles. The smallest absolute Gasteiger partial charge is 0.0205 e. The predicted molar refractivity (Wildman–Crippen MR) is 76.6 cm³/mol. The molecule has 1 aromatic carbocycles. The Bertz CT molecular complexity index is 383. The molecular weight excluding hydrogens is 218 g/mol. The minimum absolute atomic E-state index is 0.982. The molecule has 1 heteroatoms. The summed E-state index contributed by atoms with van der Waals surface area (Å²) in [6, 6.07) is 6.87. The number of aryl methyl sites for hydroxylation is 2. The van der Waals surface area contributed by atoms with Crippen molar-refractivity contribution in [2.45, 2.75) is 46.1 Å². The fraction of sp³-hybridized carbons (Fsp3) is 0.647. The Morgan fingerprint density at radius 3 is 2.06 bits per heavy atom. The molecule has 2 aliphatic rings. The summed E-state index contributed by atoms with van der Waals surface area (Å²) < 4.78 is 0. The summed E-state index contributed by atoms with van der Waals surface area (Å²) in [7, 11) is 0. The van der Waals surface area contributed by atoms with Gasteiger partial charge in [0.2, 0.25) is 0 Å². The molecule has 1 N–H and O–H groups in total. The zero-order chi connectivity index (χ0) is 12.5. The molecule has 0 heterocycles. The van der Waals surface area contributed by atoms with Crippen LogP contribution in [-0.4, -0.2) is 6.54 Å². The molecule has 1 aromatic rings. The van der Waals surface area contributed by atoms with E-state index in [4.69, 9.17) is 0 Å². The fourth-order valence-corrected chi connectivity index (χ4v) is 3.32. The predicted octanol–water partition coefficient (Wildman–Crippen LogP) is 3.83. The minimum atomic E-state index is 0.982. The zero-order valence-electron chi connectivity index (χ0n) is 11.7. The Hall–Kier alpha value is -0.820. The molecule has 0 amide bonds. The van der Waals surface area contributed by atoms with Crippen molar-refractivity contribution in [3.8, 4) is 0 Å². The highest BCUT2D eigenvalue weighted by Crippen LogP contribution is 2.48. The molecule has 0 unspecified atom stereocenters. The van der Waals surface area contributed by atoms with Gasteiger partial charge in [-0.1, -0.05) is 29.3 Å². The lowest BCUT2D eigenvalue weighted by Crippen LogP contribution is -2.25. The van der Waals surface area contributed by atoms with Gasteiger partial charge in [0, 0.05) is 6.54 Å². The number of hydrogen-bond acceptors (Lipinski definition) is 1. The largest absolute Gasteiger partial charge is 0.312 e. The molecule has 3 rings (SSSR count). The van der Waals surface area contributed by atoms with E-state index in [0.717, 1.165) is 24.3 Å². The fourth-order valence-electron chi connectivity index (χ4n) is 3.32. The van der Waals surface area contributed by atoms with Gasteiger partial charge in [-0.2, -0.15) is 0 Å². The van der Waals surface area contributed by atoms with E-state index in [9.17, 15) is 0 Å². The summed E-state index contributed by atoms with van der Waals surface area (Å²) in [5.41, 5.74) is 4.21. The average Bonchev–Trinajstić information content (AvgIpc) is 3.14. The van der Waals surface area contributed by atoms with Crippen molar-refractivity contribution < 1.29 is 0 Å². The van der Waals surface area contributed by atoms with Crippen LogP contribution in [0.1, 0.15) is 42.4 Å². The molecule has 2 aliphatic carbocycles. The maximum atomic E-state index is 3.70. The number of rotatable bonds is 6. The maximum Gasteiger partial charge on any atom is 0.0205 e. The average molecular weight is 243 g/mol. The Labute approximate surface area is 111 Å². The molecule has 2 saturated carbocycles. The lowest BCUT2D eigenvalue weighted by Gasteiger charge is -2.16. The van der Waals surface area contributed by atoms with Crippen LogP contribution in [0, 0.1) is 31.6 Å². The minimum Gasteiger partial charge on any atom is -0.312 e. The Kier molecular flexibility index (Phi) is 3.43. The molecule has 0 aromatic heterocycles. The number of benzene rings is 1. The first-order valence-corrected chi connectivity index (χ1v) is 7.50. The van der Waals surface area contributed by atoms with Crippen molar-refractivity contribution in [2.24, 2.45) is 17.8 Å². The molecule has 0 spiro atoms. The van der Waals surface area contributed by atoms with Crippen LogP contribution >= 0.6 is 0 Å². The van der Waals surface area contributed by atoms with E-state index in [1.165, 1.54) is 48.9 Å². The van der Waals surface area contributed by atoms with Gasteiger partial charge < -0.3 is 5.32 Å². The molecule has 18 heavy (non-hydrogen) atoms. The van der Waals surface area contributed by atoms with E-state index >= 15 is 0 Å². The topological polar surface area (TPSA) is 12.0 Å². The van der Waals surface area contributed by atoms with Crippen LogP contribution < -0.4 is 5.32 Å². The van der Waals surface area contributed by atoms with Crippen molar-refractivity contribution in [3.05, 3.63) is 34.9 Å². The number of hydrogen-bond donors (Lipinski definition) is 1. The van der Waals surface area contributed by atoms with Gasteiger partial charge >= 0.3 is 0 Å². The quantitative estimate of drug-likeness (QED) is 0.800. The van der Waals surface area contributed by atoms with E-state index < -0.39 is 0 Å². The zero-order valence-corrected chi connectivity index (χ0v) is 11.7. The summed E-state index contributed by atoms with van der Waals surface area (Å²) in [5, 5.41) is 3.70. The molecule has 0 bridgehead atoms. The third-order valence-electron chi connectivity index (χ3n) is 4.45. The van der Waals surface area contributed by atoms with Crippen LogP contribution in [-0.2, 0) is 6.54 Å². The van der Waals surface area contributed by atoms with Crippen LogP contribution in [0.25, 0.3) is 0 Å². The van der Waals surface area contributed by atoms with Crippen LogP contribution in [0.3, 0.4) is 0 Å². The second kappa shape index (κ2) is 5.05. The lowest BCUT2D eigenvalue weighted by molar-refractivity contribution is 0.378. The van der Waals surface area contributed by atoms with Gasteiger partial charge in [-0.15, -0.1) is 0 Å². The monoisotopic (exact) mass is 243 g/mol. The first kappa shape index (κ1) is 12.2. The van der Waals surface area contributed by atoms with Gasteiger partial charge in [-0.05, 0) is 69.4 Å². The standard InChI is InChI=1S/C17H25N/c1-12-7-13(2)9-14(8-12)10-18-11-17(15-3-4-15)16-5-6-16/h7-9,15-18H,3-6,10-11H2,1-2H3. The summed E-state index contributed by atoms with van der Waals surface area (Å²) in [4.78, 5) is 0. The summed E-state index contributed by atoms with van der Waals surface area (Å²) in [6.07, 6.45) is 5.97. The molecule has 98 valence electrons. The van der Waals surface area contributed by atoms with Gasteiger partial charge in [0.05, 0.1) is 0 Å². The molecular formula is C17H25N. The molecule has 0 atom stereocenters. The number of nitrogens with one attached hydrogen (secondary N) is 1. The third kappa shape index (κ3) is 3.14. The van der Waals surface area contributed by atoms with Crippen LogP contribution in [0.15, 0.2) is 18.2 Å². The Morgan fingerprint density at radius 1 is 1.00 bits per heavy atom. The normalized spacial score (nSPS) is 19.5. The Balaban J connectivity index is 1.51. The Morgan fingerprint density at radius 2 is 1.56 bits per heavy atom. The van der Waals surface area contributed by atoms with Gasteiger partial charge in [0.1, 0.15) is 0 Å². The van der Waals surface area contributed by atoms with Crippen LogP contribution in [0.4, 0.5) is 0 Å². The van der Waals surface area contributed by atoms with E-state index in [1.807, 2.05) is 0 Å². The highest BCUT2D eigenvalue weighted by atomic mass is 14.9. The molecule has 0 radical (unpaired) electrons. The molecule has 1 nitrogen and oxygen atoms in total. The van der Waals surface area contributed by atoms with Crippen molar-refractivity contribution >= 4 is 0 Å². The van der Waals surface area contributed by atoms with Crippen molar-refractivity contribution in [1.82, 2.24) is 5.32 Å². The van der Waals surface area contributed by atoms with E-state index in [0.29, 0.717) is 0 Å². The van der Waals surface area contributed by atoms with Gasteiger partial charge in [0.25, 0.3) is 0 Å². The summed E-state index contributed by atoms with van der Waals surface area (Å²) >= 11 is 0. The first-order chi connectivity index (χ1) is 8.72. The first-order valence-electron chi connectivity index (χ1n) is 7.50. The second-order valence-electron chi connectivity index (χ2n) is 6.47. The van der Waals surface area contributed by atoms with Gasteiger partial charge in [-0.25, -0.2) is 0 Å². The highest BCUT2D eigenvalue weighted by molar-refractivity contribution is 5.28. The molecule has 2 fully saturated rings. The highest BCUT2D eigenvalue weighted by Gasteiger charge is 2.40. The van der Waals surface area contributed by atoms with Crippen LogP contribution in [0.2, 0.25) is 0 Å². The summed E-state index contributed by atoms with van der Waals surface area (Å²) in [6.45, 7) is 6.65. The van der Waals surface area contributed by atoms with Crippen molar-refractivity contribution in [1.29, 1.82) is 0 Å². The van der Waals surface area contributed by atoms with E-state index in [2.05, 4.69) is 37.4 Å².